The maximum absolute atomic E-state index is 11.2. The Hall–Kier alpha value is -1.51. The summed E-state index contributed by atoms with van der Waals surface area (Å²) < 4.78 is 0. The lowest BCUT2D eigenvalue weighted by Gasteiger charge is -2.47. The second kappa shape index (κ2) is 4.87. The Labute approximate surface area is 116 Å². The predicted molar refractivity (Wildman–Crippen MR) is 80.9 cm³/mol. The Morgan fingerprint density at radius 2 is 2.16 bits per heavy atom. The monoisotopic (exact) mass is 260 g/mol. The molecule has 0 aliphatic carbocycles. The van der Waals surface area contributed by atoms with E-state index in [1.54, 1.807) is 6.92 Å². The number of anilines is 2. The molecule has 0 spiro atoms. The first-order chi connectivity index (χ1) is 8.85. The number of hydrogen-bond acceptors (Lipinski definition) is 2. The minimum absolute atomic E-state index is 0.0221. The highest BCUT2D eigenvalue weighted by molar-refractivity contribution is 5.89. The fourth-order valence-electron chi connectivity index (χ4n) is 3.37. The summed E-state index contributed by atoms with van der Waals surface area (Å²) in [6.07, 6.45) is 1.16. The van der Waals surface area contributed by atoms with Crippen LogP contribution in [0.2, 0.25) is 0 Å². The van der Waals surface area contributed by atoms with Gasteiger partial charge in [0.2, 0.25) is 5.91 Å². The molecule has 2 rings (SSSR count). The van der Waals surface area contributed by atoms with Gasteiger partial charge in [-0.2, -0.15) is 0 Å². The first-order valence-electron chi connectivity index (χ1n) is 7.04. The number of hydrogen-bond donors (Lipinski definition) is 1. The molecule has 1 aromatic rings. The van der Waals surface area contributed by atoms with E-state index in [1.165, 1.54) is 11.3 Å². The van der Waals surface area contributed by atoms with Gasteiger partial charge in [0.25, 0.3) is 0 Å². The zero-order valence-corrected chi connectivity index (χ0v) is 12.6. The number of rotatable bonds is 2. The van der Waals surface area contributed by atoms with Crippen LogP contribution in [0.5, 0.6) is 0 Å². The van der Waals surface area contributed by atoms with Crippen molar-refractivity contribution in [1.29, 1.82) is 0 Å². The molecule has 1 amide bonds. The summed E-state index contributed by atoms with van der Waals surface area (Å²) in [4.78, 5) is 13.6. The smallest absolute Gasteiger partial charge is 0.221 e. The molecule has 3 heteroatoms. The van der Waals surface area contributed by atoms with Crippen LogP contribution in [0.4, 0.5) is 11.4 Å². The van der Waals surface area contributed by atoms with Crippen LogP contribution in [0.15, 0.2) is 18.2 Å². The second-order valence-electron chi connectivity index (χ2n) is 6.12. The molecule has 1 aliphatic rings. The van der Waals surface area contributed by atoms with Crippen LogP contribution in [0.1, 0.15) is 52.5 Å². The summed E-state index contributed by atoms with van der Waals surface area (Å²) in [5, 5.41) is 2.88. The molecule has 0 fully saturated rings. The van der Waals surface area contributed by atoms with Gasteiger partial charge in [-0.15, -0.1) is 0 Å². The Morgan fingerprint density at radius 1 is 1.47 bits per heavy atom. The summed E-state index contributed by atoms with van der Waals surface area (Å²) in [6.45, 7) is 11.6. The van der Waals surface area contributed by atoms with Gasteiger partial charge < -0.3 is 10.2 Å². The van der Waals surface area contributed by atoms with Crippen LogP contribution in [0.25, 0.3) is 0 Å². The first-order valence-corrected chi connectivity index (χ1v) is 7.04. The number of fused-ring (bicyclic) bond motifs is 1. The molecule has 19 heavy (non-hydrogen) atoms. The lowest BCUT2D eigenvalue weighted by Crippen LogP contribution is -2.48. The molecule has 104 valence electrons. The van der Waals surface area contributed by atoms with E-state index in [-0.39, 0.29) is 11.4 Å². The number of benzene rings is 1. The van der Waals surface area contributed by atoms with Crippen LogP contribution in [0.3, 0.4) is 0 Å². The van der Waals surface area contributed by atoms with E-state index in [4.69, 9.17) is 0 Å². The van der Waals surface area contributed by atoms with E-state index < -0.39 is 0 Å². The third-order valence-electron chi connectivity index (χ3n) is 4.03. The van der Waals surface area contributed by atoms with Crippen LogP contribution < -0.4 is 10.2 Å². The number of carbonyl (C=O) groups is 1. The summed E-state index contributed by atoms with van der Waals surface area (Å²) in [7, 11) is 0. The first kappa shape index (κ1) is 13.9. The average Bonchev–Trinajstić information content (AvgIpc) is 2.26. The maximum atomic E-state index is 11.2. The number of amides is 1. The standard InChI is InChI=1S/C16H24N2O/c1-6-18-15-9-13(17-12(3)19)7-8-14(15)11(2)10-16(18,4)5/h7-9,11H,6,10H2,1-5H3,(H,17,19). The molecule has 1 unspecified atom stereocenters. The fourth-order valence-corrected chi connectivity index (χ4v) is 3.37. The van der Waals surface area contributed by atoms with Gasteiger partial charge in [0, 0.05) is 30.4 Å². The van der Waals surface area contributed by atoms with Gasteiger partial charge >= 0.3 is 0 Å². The van der Waals surface area contributed by atoms with Crippen LogP contribution >= 0.6 is 0 Å². The van der Waals surface area contributed by atoms with Crippen LogP contribution in [-0.2, 0) is 4.79 Å². The van der Waals surface area contributed by atoms with Crippen molar-refractivity contribution in [1.82, 2.24) is 0 Å². The van der Waals surface area contributed by atoms with Gasteiger partial charge in [-0.1, -0.05) is 13.0 Å². The molecule has 0 radical (unpaired) electrons. The van der Waals surface area contributed by atoms with Crippen molar-refractivity contribution in [2.45, 2.75) is 52.5 Å². The molecule has 1 N–H and O–H groups in total. The summed E-state index contributed by atoms with van der Waals surface area (Å²) in [5.41, 5.74) is 3.69. The Morgan fingerprint density at radius 3 is 2.74 bits per heavy atom. The molecule has 0 bridgehead atoms. The summed E-state index contributed by atoms with van der Waals surface area (Å²) in [6, 6.07) is 6.27. The lowest BCUT2D eigenvalue weighted by atomic mass is 9.80. The Balaban J connectivity index is 2.47. The van der Waals surface area contributed by atoms with Crippen molar-refractivity contribution in [3.8, 4) is 0 Å². The van der Waals surface area contributed by atoms with E-state index in [2.05, 4.69) is 50.0 Å². The third-order valence-corrected chi connectivity index (χ3v) is 4.03. The zero-order chi connectivity index (χ0) is 14.2. The van der Waals surface area contributed by atoms with E-state index in [9.17, 15) is 4.79 Å². The van der Waals surface area contributed by atoms with Crippen molar-refractivity contribution in [2.24, 2.45) is 0 Å². The SMILES string of the molecule is CCN1c2cc(NC(C)=O)ccc2C(C)CC1(C)C. The normalized spacial score (nSPS) is 20.9. The second-order valence-corrected chi connectivity index (χ2v) is 6.12. The largest absolute Gasteiger partial charge is 0.366 e. The zero-order valence-electron chi connectivity index (χ0n) is 12.6. The van der Waals surface area contributed by atoms with Gasteiger partial charge in [-0.3, -0.25) is 4.79 Å². The lowest BCUT2D eigenvalue weighted by molar-refractivity contribution is -0.114. The van der Waals surface area contributed by atoms with Gasteiger partial charge in [-0.25, -0.2) is 0 Å². The van der Waals surface area contributed by atoms with Crippen molar-refractivity contribution < 1.29 is 4.79 Å². The highest BCUT2D eigenvalue weighted by Crippen LogP contribution is 2.43. The van der Waals surface area contributed by atoms with Crippen molar-refractivity contribution >= 4 is 17.3 Å². The predicted octanol–water partition coefficient (Wildman–Crippen LogP) is 3.76. The third kappa shape index (κ3) is 2.60. The van der Waals surface area contributed by atoms with Crippen molar-refractivity contribution in [2.75, 3.05) is 16.8 Å². The van der Waals surface area contributed by atoms with Gasteiger partial charge in [0.15, 0.2) is 0 Å². The average molecular weight is 260 g/mol. The fraction of sp³-hybridized carbons (Fsp3) is 0.562. The topological polar surface area (TPSA) is 32.3 Å². The van der Waals surface area contributed by atoms with Crippen LogP contribution in [0, 0.1) is 0 Å². The summed E-state index contributed by atoms with van der Waals surface area (Å²) in [5.74, 6) is 0.533. The number of nitrogens with zero attached hydrogens (tertiary/aromatic N) is 1. The minimum atomic E-state index is -0.0221. The molecular weight excluding hydrogens is 236 g/mol. The number of nitrogens with one attached hydrogen (secondary N) is 1. The van der Waals surface area contributed by atoms with Crippen molar-refractivity contribution in [3.63, 3.8) is 0 Å². The highest BCUT2D eigenvalue weighted by Gasteiger charge is 2.35. The van der Waals surface area contributed by atoms with E-state index in [0.717, 1.165) is 18.7 Å². The summed E-state index contributed by atoms with van der Waals surface area (Å²) >= 11 is 0. The highest BCUT2D eigenvalue weighted by atomic mass is 16.1. The van der Waals surface area contributed by atoms with Crippen molar-refractivity contribution in [3.05, 3.63) is 23.8 Å². The van der Waals surface area contributed by atoms with Gasteiger partial charge in [-0.05, 0) is 50.8 Å². The minimum Gasteiger partial charge on any atom is -0.366 e. The van der Waals surface area contributed by atoms with E-state index >= 15 is 0 Å². The van der Waals surface area contributed by atoms with E-state index in [0.29, 0.717) is 5.92 Å². The molecule has 0 saturated carbocycles. The van der Waals surface area contributed by atoms with Gasteiger partial charge in [0.1, 0.15) is 0 Å². The Kier molecular flexibility index (Phi) is 3.57. The Bertz CT molecular complexity index is 494. The quantitative estimate of drug-likeness (QED) is 0.878. The molecule has 3 nitrogen and oxygen atoms in total. The molecule has 0 saturated heterocycles. The van der Waals surface area contributed by atoms with Gasteiger partial charge in [0.05, 0.1) is 0 Å². The van der Waals surface area contributed by atoms with Crippen LogP contribution in [-0.4, -0.2) is 18.0 Å². The molecular formula is C16H24N2O. The molecule has 1 aromatic carbocycles. The van der Waals surface area contributed by atoms with E-state index in [1.807, 2.05) is 6.07 Å². The molecule has 1 heterocycles. The molecule has 1 atom stereocenters. The number of carbonyl (C=O) groups excluding carboxylic acids is 1. The maximum Gasteiger partial charge on any atom is 0.221 e. The molecule has 0 aromatic heterocycles. The molecule has 1 aliphatic heterocycles.